The largest absolute Gasteiger partial charge is 0.493 e. The second-order valence-electron chi connectivity index (χ2n) is 7.47. The lowest BCUT2D eigenvalue weighted by Crippen LogP contribution is -2.48. The van der Waals surface area contributed by atoms with Crippen molar-refractivity contribution >= 4 is 18.3 Å². The highest BCUT2D eigenvalue weighted by molar-refractivity contribution is 5.72. The van der Waals surface area contributed by atoms with E-state index in [2.05, 4.69) is 0 Å². The summed E-state index contributed by atoms with van der Waals surface area (Å²) >= 11 is 0. The normalized spacial score (nSPS) is 20.0. The zero-order valence-electron chi connectivity index (χ0n) is 18.8. The number of benzene rings is 2. The van der Waals surface area contributed by atoms with Crippen molar-refractivity contribution in [3.63, 3.8) is 0 Å². The van der Waals surface area contributed by atoms with E-state index < -0.39 is 29.9 Å². The highest BCUT2D eigenvalue weighted by Gasteiger charge is 2.44. The van der Waals surface area contributed by atoms with E-state index in [0.29, 0.717) is 17.1 Å². The fraction of sp³-hybridized carbons (Fsp3) is 0.375. The second-order valence-corrected chi connectivity index (χ2v) is 7.47. The maximum Gasteiger partial charge on any atom is 0.434 e. The molecule has 9 heteroatoms. The zero-order chi connectivity index (χ0) is 23.8. The average Bonchev–Trinajstić information content (AvgIpc) is 2.86. The molecule has 9 nitrogen and oxygen atoms in total. The van der Waals surface area contributed by atoms with Gasteiger partial charge < -0.3 is 23.7 Å². The van der Waals surface area contributed by atoms with Crippen LogP contribution in [0.15, 0.2) is 48.5 Å². The van der Waals surface area contributed by atoms with E-state index in [0.717, 1.165) is 16.9 Å². The van der Waals surface area contributed by atoms with Gasteiger partial charge in [0.05, 0.1) is 40.4 Å². The Morgan fingerprint density at radius 1 is 1.06 bits per heavy atom. The van der Waals surface area contributed by atoms with E-state index in [-0.39, 0.29) is 19.6 Å². The monoisotopic (exact) mass is 457 g/mol. The van der Waals surface area contributed by atoms with Crippen LogP contribution in [0.4, 0.5) is 4.79 Å². The number of hydrogen-bond acceptors (Lipinski definition) is 8. The third-order valence-electron chi connectivity index (χ3n) is 5.54. The van der Waals surface area contributed by atoms with Crippen molar-refractivity contribution in [1.29, 1.82) is 0 Å². The third-order valence-corrected chi connectivity index (χ3v) is 5.54. The van der Waals surface area contributed by atoms with E-state index in [1.807, 2.05) is 30.3 Å². The molecule has 1 fully saturated rings. The Bertz CT molecular complexity index is 964. The molecule has 33 heavy (non-hydrogen) atoms. The molecule has 2 aromatic rings. The Labute approximate surface area is 192 Å². The molecule has 0 aliphatic carbocycles. The van der Waals surface area contributed by atoms with E-state index in [9.17, 15) is 14.4 Å². The molecule has 2 aromatic carbocycles. The summed E-state index contributed by atoms with van der Waals surface area (Å²) in [6, 6.07) is 13.4. The number of methoxy groups -OCH3 is 3. The van der Waals surface area contributed by atoms with Crippen molar-refractivity contribution in [2.24, 2.45) is 11.8 Å². The molecule has 0 unspecified atom stereocenters. The fourth-order valence-corrected chi connectivity index (χ4v) is 3.80. The van der Waals surface area contributed by atoms with Crippen LogP contribution in [-0.2, 0) is 30.5 Å². The molecule has 1 heterocycles. The predicted molar refractivity (Wildman–Crippen MR) is 116 cm³/mol. The van der Waals surface area contributed by atoms with Gasteiger partial charge in [0.1, 0.15) is 12.9 Å². The van der Waals surface area contributed by atoms with Gasteiger partial charge in [-0.1, -0.05) is 36.4 Å². The van der Waals surface area contributed by atoms with E-state index in [1.54, 1.807) is 18.2 Å². The molecular formula is C24H27NO8. The van der Waals surface area contributed by atoms with Gasteiger partial charge in [-0.3, -0.25) is 9.63 Å². The number of esters is 1. The minimum absolute atomic E-state index is 0.0251. The van der Waals surface area contributed by atoms with E-state index in [4.69, 9.17) is 23.8 Å². The Morgan fingerprint density at radius 2 is 1.79 bits per heavy atom. The Morgan fingerprint density at radius 3 is 2.42 bits per heavy atom. The number of carbonyl (C=O) groups excluding carboxylic acids is 3. The number of hydrogen-bond donors (Lipinski definition) is 0. The molecule has 0 aromatic heterocycles. The number of amides is 1. The Hall–Kier alpha value is -3.59. The third kappa shape index (κ3) is 5.61. The van der Waals surface area contributed by atoms with Crippen molar-refractivity contribution < 1.29 is 38.2 Å². The zero-order valence-corrected chi connectivity index (χ0v) is 18.8. The van der Waals surface area contributed by atoms with Gasteiger partial charge in [-0.2, -0.15) is 5.06 Å². The Balaban J connectivity index is 1.92. The van der Waals surface area contributed by atoms with Gasteiger partial charge in [0.25, 0.3) is 0 Å². The highest BCUT2D eigenvalue weighted by Crippen LogP contribution is 2.41. The van der Waals surface area contributed by atoms with E-state index in [1.165, 1.54) is 21.3 Å². The first kappa shape index (κ1) is 24.1. The van der Waals surface area contributed by atoms with Crippen molar-refractivity contribution in [2.75, 3.05) is 27.9 Å². The molecular weight excluding hydrogens is 430 g/mol. The average molecular weight is 457 g/mol. The molecule has 0 radical (unpaired) electrons. The van der Waals surface area contributed by atoms with Gasteiger partial charge in [0, 0.05) is 11.8 Å². The number of ether oxygens (including phenoxy) is 4. The Kier molecular flexibility index (Phi) is 8.26. The van der Waals surface area contributed by atoms with Crippen LogP contribution in [-0.4, -0.2) is 51.3 Å². The van der Waals surface area contributed by atoms with Crippen molar-refractivity contribution in [2.45, 2.75) is 19.1 Å². The predicted octanol–water partition coefficient (Wildman–Crippen LogP) is 3.32. The van der Waals surface area contributed by atoms with Crippen LogP contribution in [0.3, 0.4) is 0 Å². The molecule has 1 amide bonds. The first-order valence-electron chi connectivity index (χ1n) is 10.4. The molecule has 0 N–H and O–H groups in total. The molecule has 176 valence electrons. The molecule has 3 rings (SSSR count). The maximum atomic E-state index is 13.0. The van der Waals surface area contributed by atoms with Gasteiger partial charge in [-0.05, 0) is 23.3 Å². The smallest absolute Gasteiger partial charge is 0.434 e. The summed E-state index contributed by atoms with van der Waals surface area (Å²) in [5, 5.41) is 1.05. The highest BCUT2D eigenvalue weighted by atomic mass is 16.7. The van der Waals surface area contributed by atoms with Crippen LogP contribution in [0.25, 0.3) is 0 Å². The lowest BCUT2D eigenvalue weighted by molar-refractivity contribution is -0.222. The minimum atomic E-state index is -0.853. The number of nitrogens with zero attached hydrogens (tertiary/aromatic N) is 1. The van der Waals surface area contributed by atoms with Gasteiger partial charge in [-0.25, -0.2) is 4.79 Å². The van der Waals surface area contributed by atoms with Crippen LogP contribution in [0.5, 0.6) is 11.5 Å². The number of aldehydes is 1. The summed E-state index contributed by atoms with van der Waals surface area (Å²) in [6.45, 7) is 0.0122. The van der Waals surface area contributed by atoms with Gasteiger partial charge in [0.15, 0.2) is 11.5 Å². The SMILES string of the molecule is COC(=O)C[C@@H]1CON(C(=O)OCc2ccccc2)[C@H](c2ccc(OC)c(OC)c2)[C@H]1C=O. The number of hydroxylamine groups is 2. The summed E-state index contributed by atoms with van der Waals surface area (Å²) in [5.41, 5.74) is 1.37. The first-order valence-corrected chi connectivity index (χ1v) is 10.4. The summed E-state index contributed by atoms with van der Waals surface area (Å²) in [6.07, 6.45) is -0.0482. The van der Waals surface area contributed by atoms with Crippen LogP contribution < -0.4 is 9.47 Å². The molecule has 1 aliphatic rings. The summed E-state index contributed by atoms with van der Waals surface area (Å²) in [7, 11) is 4.28. The minimum Gasteiger partial charge on any atom is -0.493 e. The van der Waals surface area contributed by atoms with Gasteiger partial charge in [-0.15, -0.1) is 0 Å². The lowest BCUT2D eigenvalue weighted by atomic mass is 9.81. The summed E-state index contributed by atoms with van der Waals surface area (Å²) < 4.78 is 20.9. The summed E-state index contributed by atoms with van der Waals surface area (Å²) in [5.74, 6) is -0.801. The standard InChI is InChI=1S/C24H27NO8/c1-29-20-10-9-17(11-21(20)30-2)23-19(13-26)18(12-22(27)31-3)15-33-25(23)24(28)32-14-16-7-5-4-6-8-16/h4-11,13,18-19,23H,12,14-15H2,1-3H3/t18-,19+,23-/m1/s1. The van der Waals surface area contributed by atoms with E-state index >= 15 is 0 Å². The van der Waals surface area contributed by atoms with Crippen molar-refractivity contribution in [3.05, 3.63) is 59.7 Å². The van der Waals surface area contributed by atoms with Crippen LogP contribution in [0.2, 0.25) is 0 Å². The first-order chi connectivity index (χ1) is 16.0. The topological polar surface area (TPSA) is 101 Å². The van der Waals surface area contributed by atoms with Crippen LogP contribution >= 0.6 is 0 Å². The summed E-state index contributed by atoms with van der Waals surface area (Å²) in [4.78, 5) is 42.8. The molecule has 3 atom stereocenters. The number of rotatable bonds is 8. The quantitative estimate of drug-likeness (QED) is 0.440. The van der Waals surface area contributed by atoms with Crippen LogP contribution in [0.1, 0.15) is 23.6 Å². The van der Waals surface area contributed by atoms with Gasteiger partial charge in [0.2, 0.25) is 0 Å². The molecule has 0 spiro atoms. The van der Waals surface area contributed by atoms with Gasteiger partial charge >= 0.3 is 12.1 Å². The fourth-order valence-electron chi connectivity index (χ4n) is 3.80. The molecule has 0 bridgehead atoms. The molecule has 1 aliphatic heterocycles. The molecule has 1 saturated heterocycles. The lowest BCUT2D eigenvalue weighted by Gasteiger charge is -2.41. The molecule has 0 saturated carbocycles. The maximum absolute atomic E-state index is 13.0. The second kappa shape index (κ2) is 11.3. The van der Waals surface area contributed by atoms with Crippen molar-refractivity contribution in [3.8, 4) is 11.5 Å². The van der Waals surface area contributed by atoms with Crippen LogP contribution in [0, 0.1) is 11.8 Å². The number of carbonyl (C=O) groups is 3. The van der Waals surface area contributed by atoms with Crippen molar-refractivity contribution in [1.82, 2.24) is 5.06 Å².